The summed E-state index contributed by atoms with van der Waals surface area (Å²) >= 11 is 5.80. The SMILES string of the molecule is CCC[C@@H](NC(=O)CCOc1cccc(Cl)c1)C(=O)O. The second-order valence-electron chi connectivity index (χ2n) is 4.30. The molecule has 0 aliphatic heterocycles. The Hall–Kier alpha value is -1.75. The number of benzene rings is 1. The minimum Gasteiger partial charge on any atom is -0.493 e. The van der Waals surface area contributed by atoms with Crippen molar-refractivity contribution in [3.05, 3.63) is 29.3 Å². The molecule has 5 nitrogen and oxygen atoms in total. The van der Waals surface area contributed by atoms with E-state index in [1.165, 1.54) is 0 Å². The number of hydrogen-bond acceptors (Lipinski definition) is 3. The minimum atomic E-state index is -1.02. The Morgan fingerprint density at radius 1 is 1.45 bits per heavy atom. The highest BCUT2D eigenvalue weighted by Crippen LogP contribution is 2.17. The predicted molar refractivity (Wildman–Crippen MR) is 76.0 cm³/mol. The summed E-state index contributed by atoms with van der Waals surface area (Å²) in [5.41, 5.74) is 0. The average molecular weight is 300 g/mol. The maximum absolute atomic E-state index is 11.6. The van der Waals surface area contributed by atoms with Crippen molar-refractivity contribution < 1.29 is 19.4 Å². The molecule has 0 heterocycles. The number of carbonyl (C=O) groups is 2. The third-order valence-electron chi connectivity index (χ3n) is 2.60. The Bertz CT molecular complexity index is 464. The van der Waals surface area contributed by atoms with Crippen molar-refractivity contribution in [2.45, 2.75) is 32.2 Å². The van der Waals surface area contributed by atoms with Gasteiger partial charge in [0.1, 0.15) is 11.8 Å². The molecule has 0 saturated heterocycles. The van der Waals surface area contributed by atoms with E-state index in [0.29, 0.717) is 23.6 Å². The minimum absolute atomic E-state index is 0.0972. The van der Waals surface area contributed by atoms with Gasteiger partial charge in [0, 0.05) is 5.02 Å². The van der Waals surface area contributed by atoms with E-state index in [4.69, 9.17) is 21.4 Å². The van der Waals surface area contributed by atoms with Crippen molar-refractivity contribution in [2.24, 2.45) is 0 Å². The first kappa shape index (κ1) is 16.3. The molecular formula is C14H18ClNO4. The van der Waals surface area contributed by atoms with Crippen LogP contribution in [0.1, 0.15) is 26.2 Å². The summed E-state index contributed by atoms with van der Waals surface area (Å²) in [6.07, 6.45) is 1.20. The number of rotatable bonds is 8. The zero-order valence-electron chi connectivity index (χ0n) is 11.3. The Balaban J connectivity index is 2.34. The van der Waals surface area contributed by atoms with Gasteiger partial charge >= 0.3 is 5.97 Å². The molecule has 1 amide bonds. The lowest BCUT2D eigenvalue weighted by Crippen LogP contribution is -2.41. The van der Waals surface area contributed by atoms with E-state index in [2.05, 4.69) is 5.32 Å². The van der Waals surface area contributed by atoms with Crippen LogP contribution in [0.25, 0.3) is 0 Å². The number of halogens is 1. The van der Waals surface area contributed by atoms with Gasteiger partial charge in [0.2, 0.25) is 5.91 Å². The molecule has 0 bridgehead atoms. The van der Waals surface area contributed by atoms with Crippen molar-refractivity contribution in [3.63, 3.8) is 0 Å². The van der Waals surface area contributed by atoms with Gasteiger partial charge in [-0.3, -0.25) is 4.79 Å². The van der Waals surface area contributed by atoms with Crippen LogP contribution in [0.4, 0.5) is 0 Å². The van der Waals surface area contributed by atoms with Gasteiger partial charge in [-0.25, -0.2) is 4.79 Å². The second kappa shape index (κ2) is 8.43. The Kier molecular flexibility index (Phi) is 6.87. The maximum Gasteiger partial charge on any atom is 0.326 e. The highest BCUT2D eigenvalue weighted by atomic mass is 35.5. The molecule has 110 valence electrons. The lowest BCUT2D eigenvalue weighted by Gasteiger charge is -2.13. The summed E-state index contributed by atoms with van der Waals surface area (Å²) in [4.78, 5) is 22.5. The molecular weight excluding hydrogens is 282 g/mol. The van der Waals surface area contributed by atoms with Gasteiger partial charge in [0.05, 0.1) is 13.0 Å². The Labute approximate surface area is 122 Å². The summed E-state index contributed by atoms with van der Waals surface area (Å²) in [5.74, 6) is -0.780. The van der Waals surface area contributed by atoms with Crippen LogP contribution in [0.2, 0.25) is 5.02 Å². The number of carboxylic acids is 1. The highest BCUT2D eigenvalue weighted by Gasteiger charge is 2.18. The first-order valence-corrected chi connectivity index (χ1v) is 6.81. The van der Waals surface area contributed by atoms with E-state index in [1.54, 1.807) is 24.3 Å². The fourth-order valence-electron chi connectivity index (χ4n) is 1.63. The van der Waals surface area contributed by atoms with Gasteiger partial charge in [0.15, 0.2) is 0 Å². The number of carbonyl (C=O) groups excluding carboxylic acids is 1. The van der Waals surface area contributed by atoms with Gasteiger partial charge in [-0.2, -0.15) is 0 Å². The van der Waals surface area contributed by atoms with E-state index in [1.807, 2.05) is 6.92 Å². The molecule has 2 N–H and O–H groups in total. The van der Waals surface area contributed by atoms with Gasteiger partial charge in [-0.05, 0) is 24.6 Å². The van der Waals surface area contributed by atoms with Crippen LogP contribution in [0.15, 0.2) is 24.3 Å². The summed E-state index contributed by atoms with van der Waals surface area (Å²) < 4.78 is 5.37. The fourth-order valence-corrected chi connectivity index (χ4v) is 1.81. The molecule has 0 radical (unpaired) electrons. The molecule has 0 unspecified atom stereocenters. The molecule has 20 heavy (non-hydrogen) atoms. The molecule has 0 fully saturated rings. The monoisotopic (exact) mass is 299 g/mol. The van der Waals surface area contributed by atoms with Crippen LogP contribution < -0.4 is 10.1 Å². The van der Waals surface area contributed by atoms with Gasteiger partial charge in [0.25, 0.3) is 0 Å². The van der Waals surface area contributed by atoms with Crippen molar-refractivity contribution in [3.8, 4) is 5.75 Å². The number of aliphatic carboxylic acids is 1. The lowest BCUT2D eigenvalue weighted by molar-refractivity contribution is -0.142. The molecule has 6 heteroatoms. The van der Waals surface area contributed by atoms with Crippen molar-refractivity contribution in [1.82, 2.24) is 5.32 Å². The maximum atomic E-state index is 11.6. The van der Waals surface area contributed by atoms with E-state index in [-0.39, 0.29) is 18.9 Å². The number of carboxylic acid groups (broad SMARTS) is 1. The van der Waals surface area contributed by atoms with Gasteiger partial charge in [-0.15, -0.1) is 0 Å². The zero-order valence-corrected chi connectivity index (χ0v) is 12.0. The first-order chi connectivity index (χ1) is 9.52. The molecule has 0 aromatic heterocycles. The first-order valence-electron chi connectivity index (χ1n) is 6.43. The summed E-state index contributed by atoms with van der Waals surface area (Å²) in [7, 11) is 0. The predicted octanol–water partition coefficient (Wildman–Crippen LogP) is 2.48. The number of nitrogens with one attached hydrogen (secondary N) is 1. The number of ether oxygens (including phenoxy) is 1. The van der Waals surface area contributed by atoms with E-state index in [0.717, 1.165) is 0 Å². The van der Waals surface area contributed by atoms with Crippen LogP contribution in [-0.4, -0.2) is 29.6 Å². The smallest absolute Gasteiger partial charge is 0.326 e. The van der Waals surface area contributed by atoms with E-state index in [9.17, 15) is 9.59 Å². The molecule has 1 atom stereocenters. The molecule has 0 saturated carbocycles. The van der Waals surface area contributed by atoms with E-state index < -0.39 is 12.0 Å². The van der Waals surface area contributed by atoms with Crippen LogP contribution in [-0.2, 0) is 9.59 Å². The summed E-state index contributed by atoms with van der Waals surface area (Å²) in [5, 5.41) is 12.0. The zero-order chi connectivity index (χ0) is 15.0. The fraction of sp³-hybridized carbons (Fsp3) is 0.429. The normalized spacial score (nSPS) is 11.7. The number of hydrogen-bond donors (Lipinski definition) is 2. The summed E-state index contributed by atoms with van der Waals surface area (Å²) in [6, 6.07) is 6.03. The third-order valence-corrected chi connectivity index (χ3v) is 2.84. The third kappa shape index (κ3) is 5.93. The molecule has 0 aliphatic carbocycles. The molecule has 1 aromatic rings. The quantitative estimate of drug-likeness (QED) is 0.773. The molecule has 1 rings (SSSR count). The summed E-state index contributed by atoms with van der Waals surface area (Å²) in [6.45, 7) is 2.04. The second-order valence-corrected chi connectivity index (χ2v) is 4.74. The van der Waals surface area contributed by atoms with Crippen LogP contribution >= 0.6 is 11.6 Å². The molecule has 0 aliphatic rings. The number of amides is 1. The largest absolute Gasteiger partial charge is 0.493 e. The Morgan fingerprint density at radius 3 is 2.80 bits per heavy atom. The van der Waals surface area contributed by atoms with E-state index >= 15 is 0 Å². The standard InChI is InChI=1S/C14H18ClNO4/c1-2-4-12(14(18)19)16-13(17)7-8-20-11-6-3-5-10(15)9-11/h3,5-6,9,12H,2,4,7-8H2,1H3,(H,16,17)(H,18,19)/t12-/m1/s1. The topological polar surface area (TPSA) is 75.6 Å². The van der Waals surface area contributed by atoms with Crippen LogP contribution in [0.5, 0.6) is 5.75 Å². The Morgan fingerprint density at radius 2 is 2.20 bits per heavy atom. The van der Waals surface area contributed by atoms with Crippen molar-refractivity contribution in [2.75, 3.05) is 6.61 Å². The van der Waals surface area contributed by atoms with Crippen LogP contribution in [0.3, 0.4) is 0 Å². The van der Waals surface area contributed by atoms with Crippen molar-refractivity contribution in [1.29, 1.82) is 0 Å². The molecule has 0 spiro atoms. The average Bonchev–Trinajstić information content (AvgIpc) is 2.38. The van der Waals surface area contributed by atoms with Gasteiger partial charge in [-0.1, -0.05) is 31.0 Å². The lowest BCUT2D eigenvalue weighted by atomic mass is 10.1. The van der Waals surface area contributed by atoms with Crippen LogP contribution in [0, 0.1) is 0 Å². The van der Waals surface area contributed by atoms with Crippen molar-refractivity contribution >= 4 is 23.5 Å². The van der Waals surface area contributed by atoms with Gasteiger partial charge < -0.3 is 15.2 Å². The highest BCUT2D eigenvalue weighted by molar-refractivity contribution is 6.30. The molecule has 1 aromatic carbocycles.